The lowest BCUT2D eigenvalue weighted by atomic mass is 10.1. The second-order valence-electron chi connectivity index (χ2n) is 3.12. The Labute approximate surface area is 100 Å². The summed E-state index contributed by atoms with van der Waals surface area (Å²) in [5.74, 6) is 0. The van der Waals surface area contributed by atoms with Gasteiger partial charge in [0.05, 0.1) is 4.61 Å². The second-order valence-corrected chi connectivity index (χ2v) is 4.70. The van der Waals surface area contributed by atoms with Gasteiger partial charge in [0.25, 0.3) is 0 Å². The lowest BCUT2D eigenvalue weighted by molar-refractivity contribution is 1.02. The Hall–Kier alpha value is -0.540. The van der Waals surface area contributed by atoms with E-state index >= 15 is 0 Å². The summed E-state index contributed by atoms with van der Waals surface area (Å²) in [6, 6.07) is 0. The smallest absolute Gasteiger partial charge is 0.0865 e. The Balaban J connectivity index is 2.58. The minimum atomic E-state index is 1.02. The molecule has 0 bridgehead atoms. The number of dihydropyridines is 1. The zero-order chi connectivity index (χ0) is 10.1. The highest BCUT2D eigenvalue weighted by molar-refractivity contribution is 9.12. The number of hydrogen-bond acceptors (Lipinski definition) is 1. The molecule has 0 aromatic carbocycles. The van der Waals surface area contributed by atoms with E-state index in [-0.39, 0.29) is 0 Å². The molecule has 0 fully saturated rings. The molecule has 0 aromatic heterocycles. The van der Waals surface area contributed by atoms with E-state index in [1.807, 2.05) is 18.2 Å². The Morgan fingerprint density at radius 3 is 2.71 bits per heavy atom. The zero-order valence-corrected chi connectivity index (χ0v) is 10.8. The number of rotatable bonds is 0. The van der Waals surface area contributed by atoms with E-state index in [4.69, 9.17) is 0 Å². The van der Waals surface area contributed by atoms with Crippen molar-refractivity contribution in [1.29, 1.82) is 0 Å². The summed E-state index contributed by atoms with van der Waals surface area (Å²) < 4.78 is 2.15. The molecule has 0 saturated carbocycles. The molecule has 1 heterocycles. The van der Waals surface area contributed by atoms with E-state index in [0.29, 0.717) is 0 Å². The standard InChI is InChI=1S/C11H9Br2N/c1-7-10(12)8-5-3-2-4-6-9(8)14-11(7)13/h2-6,14H,1H3. The molecule has 1 aliphatic carbocycles. The van der Waals surface area contributed by atoms with Crippen LogP contribution in [0.5, 0.6) is 0 Å². The Morgan fingerprint density at radius 2 is 1.93 bits per heavy atom. The van der Waals surface area contributed by atoms with Crippen molar-refractivity contribution in [2.75, 3.05) is 0 Å². The molecule has 2 aliphatic rings. The molecular weight excluding hydrogens is 306 g/mol. The quantitative estimate of drug-likeness (QED) is 0.669. The van der Waals surface area contributed by atoms with Crippen molar-refractivity contribution in [3.05, 3.63) is 56.3 Å². The van der Waals surface area contributed by atoms with Crippen molar-refractivity contribution in [2.45, 2.75) is 6.92 Å². The summed E-state index contributed by atoms with van der Waals surface area (Å²) in [4.78, 5) is 0. The first-order chi connectivity index (χ1) is 6.70. The van der Waals surface area contributed by atoms with Gasteiger partial charge in [0.2, 0.25) is 0 Å². The van der Waals surface area contributed by atoms with Crippen LogP contribution in [0.3, 0.4) is 0 Å². The van der Waals surface area contributed by atoms with Gasteiger partial charge in [-0.25, -0.2) is 0 Å². The number of fused-ring (bicyclic) bond motifs is 1. The summed E-state index contributed by atoms with van der Waals surface area (Å²) in [6.07, 6.45) is 10.2. The van der Waals surface area contributed by atoms with Gasteiger partial charge in [-0.2, -0.15) is 0 Å². The summed E-state index contributed by atoms with van der Waals surface area (Å²) >= 11 is 7.10. The highest BCUT2D eigenvalue weighted by Gasteiger charge is 2.17. The average Bonchev–Trinajstić information content (AvgIpc) is 2.39. The first-order valence-corrected chi connectivity index (χ1v) is 5.87. The maximum atomic E-state index is 3.60. The third-order valence-electron chi connectivity index (χ3n) is 2.18. The summed E-state index contributed by atoms with van der Waals surface area (Å²) in [5, 5.41) is 3.31. The van der Waals surface area contributed by atoms with Crippen molar-refractivity contribution >= 4 is 31.9 Å². The van der Waals surface area contributed by atoms with Gasteiger partial charge in [0.1, 0.15) is 0 Å². The Morgan fingerprint density at radius 1 is 1.14 bits per heavy atom. The van der Waals surface area contributed by atoms with Crippen molar-refractivity contribution in [3.63, 3.8) is 0 Å². The van der Waals surface area contributed by atoms with Gasteiger partial charge >= 0.3 is 0 Å². The van der Waals surface area contributed by atoms with Crippen molar-refractivity contribution in [1.82, 2.24) is 5.32 Å². The first kappa shape index (κ1) is 9.99. The van der Waals surface area contributed by atoms with E-state index in [0.717, 1.165) is 14.8 Å². The lowest BCUT2D eigenvalue weighted by Gasteiger charge is -2.20. The van der Waals surface area contributed by atoms with Gasteiger partial charge in [0, 0.05) is 15.8 Å². The maximum Gasteiger partial charge on any atom is 0.0865 e. The fourth-order valence-corrected chi connectivity index (χ4v) is 2.58. The molecule has 1 nitrogen and oxygen atoms in total. The highest BCUT2D eigenvalue weighted by Crippen LogP contribution is 2.34. The molecule has 1 N–H and O–H groups in total. The Kier molecular flexibility index (Phi) is 2.79. The molecule has 0 unspecified atom stereocenters. The number of halogens is 2. The third-order valence-corrected chi connectivity index (χ3v) is 3.99. The lowest BCUT2D eigenvalue weighted by Crippen LogP contribution is -2.17. The zero-order valence-electron chi connectivity index (χ0n) is 7.64. The highest BCUT2D eigenvalue weighted by atomic mass is 79.9. The van der Waals surface area contributed by atoms with E-state index in [9.17, 15) is 0 Å². The Bertz CT molecular complexity index is 423. The van der Waals surface area contributed by atoms with Gasteiger partial charge < -0.3 is 5.32 Å². The fraction of sp³-hybridized carbons (Fsp3) is 0.0909. The van der Waals surface area contributed by atoms with Crippen LogP contribution in [-0.2, 0) is 0 Å². The molecule has 14 heavy (non-hydrogen) atoms. The van der Waals surface area contributed by atoms with Crippen LogP contribution in [0.25, 0.3) is 0 Å². The second kappa shape index (κ2) is 3.91. The van der Waals surface area contributed by atoms with Crippen LogP contribution in [0, 0.1) is 0 Å². The molecule has 0 radical (unpaired) electrons. The van der Waals surface area contributed by atoms with Crippen LogP contribution in [0.1, 0.15) is 6.92 Å². The summed E-state index contributed by atoms with van der Waals surface area (Å²) in [7, 11) is 0. The van der Waals surface area contributed by atoms with E-state index in [2.05, 4.69) is 56.3 Å². The van der Waals surface area contributed by atoms with Gasteiger partial charge in [0.15, 0.2) is 0 Å². The monoisotopic (exact) mass is 313 g/mol. The van der Waals surface area contributed by atoms with Crippen molar-refractivity contribution in [3.8, 4) is 0 Å². The molecule has 3 heteroatoms. The van der Waals surface area contributed by atoms with Crippen molar-refractivity contribution < 1.29 is 0 Å². The number of nitrogens with one attached hydrogen (secondary N) is 1. The van der Waals surface area contributed by atoms with E-state index in [1.165, 1.54) is 11.1 Å². The minimum absolute atomic E-state index is 1.02. The fourth-order valence-electron chi connectivity index (χ4n) is 1.36. The predicted molar refractivity (Wildman–Crippen MR) is 67.1 cm³/mol. The summed E-state index contributed by atoms with van der Waals surface area (Å²) in [6.45, 7) is 2.07. The molecule has 2 rings (SSSR count). The molecule has 0 aromatic rings. The van der Waals surface area contributed by atoms with Crippen LogP contribution < -0.4 is 5.32 Å². The van der Waals surface area contributed by atoms with Gasteiger partial charge in [-0.15, -0.1) is 0 Å². The van der Waals surface area contributed by atoms with Crippen LogP contribution in [-0.4, -0.2) is 0 Å². The average molecular weight is 315 g/mol. The van der Waals surface area contributed by atoms with Crippen LogP contribution in [0.15, 0.2) is 56.3 Å². The van der Waals surface area contributed by atoms with Gasteiger partial charge in [-0.3, -0.25) is 0 Å². The predicted octanol–water partition coefficient (Wildman–Crippen LogP) is 3.87. The normalized spacial score (nSPS) is 20.4. The molecule has 0 spiro atoms. The minimum Gasteiger partial charge on any atom is -0.349 e. The first-order valence-electron chi connectivity index (χ1n) is 4.29. The van der Waals surface area contributed by atoms with Crippen LogP contribution >= 0.6 is 31.9 Å². The van der Waals surface area contributed by atoms with Crippen molar-refractivity contribution in [2.24, 2.45) is 0 Å². The SMILES string of the molecule is CC1=C(Br)NC2=CC=CC=CC2=C1Br. The summed E-state index contributed by atoms with van der Waals surface area (Å²) in [5.41, 5.74) is 3.48. The molecule has 0 amide bonds. The van der Waals surface area contributed by atoms with Gasteiger partial charge in [-0.05, 0) is 50.4 Å². The van der Waals surface area contributed by atoms with Crippen LogP contribution in [0.4, 0.5) is 0 Å². The topological polar surface area (TPSA) is 12.0 Å². The van der Waals surface area contributed by atoms with E-state index < -0.39 is 0 Å². The maximum absolute atomic E-state index is 3.60. The molecule has 0 saturated heterocycles. The largest absolute Gasteiger partial charge is 0.349 e. The molecule has 1 aliphatic heterocycles. The van der Waals surface area contributed by atoms with E-state index in [1.54, 1.807) is 0 Å². The number of hydrogen-bond donors (Lipinski definition) is 1. The third kappa shape index (κ3) is 1.66. The molecule has 72 valence electrons. The van der Waals surface area contributed by atoms with Crippen LogP contribution in [0.2, 0.25) is 0 Å². The molecule has 0 atom stereocenters. The molecular formula is C11H9Br2N. The number of allylic oxidation sites excluding steroid dienone is 7. The van der Waals surface area contributed by atoms with Gasteiger partial charge in [-0.1, -0.05) is 24.3 Å².